The molecule has 0 aromatic heterocycles. The molecule has 0 spiro atoms. The number of piperazine rings is 1. The minimum Gasteiger partial charge on any atom is -0.365 e. The number of carbonyl (C=O) groups excluding carboxylic acids is 1. The van der Waals surface area contributed by atoms with Gasteiger partial charge >= 0.3 is 0 Å². The third-order valence-electron chi connectivity index (χ3n) is 6.72. The van der Waals surface area contributed by atoms with Crippen LogP contribution in [0.25, 0.3) is 0 Å². The van der Waals surface area contributed by atoms with Crippen molar-refractivity contribution in [1.82, 2.24) is 10.2 Å². The van der Waals surface area contributed by atoms with Crippen LogP contribution in [0.1, 0.15) is 16.7 Å². The summed E-state index contributed by atoms with van der Waals surface area (Å²) in [6.45, 7) is 3.49. The van der Waals surface area contributed by atoms with Crippen molar-refractivity contribution in [1.29, 1.82) is 0 Å². The van der Waals surface area contributed by atoms with E-state index in [0.29, 0.717) is 13.0 Å². The number of fused-ring (bicyclic) bond motifs is 3. The van der Waals surface area contributed by atoms with E-state index < -0.39 is 0 Å². The molecular weight excluding hydrogens is 420 g/mol. The molecule has 2 heterocycles. The summed E-state index contributed by atoms with van der Waals surface area (Å²) in [5.74, 6) is -0.748. The van der Waals surface area contributed by atoms with Gasteiger partial charge in [0, 0.05) is 38.4 Å². The monoisotopic (exact) mass is 447 g/mol. The molecule has 2 atom stereocenters. The summed E-state index contributed by atoms with van der Waals surface area (Å²) in [7, 11) is 0. The third kappa shape index (κ3) is 4.76. The van der Waals surface area contributed by atoms with Crippen molar-refractivity contribution in [2.24, 2.45) is 5.92 Å². The summed E-state index contributed by atoms with van der Waals surface area (Å²) in [4.78, 5) is 18.0. The number of hydrogen-bond donors (Lipinski definition) is 1. The molecule has 4 nitrogen and oxygen atoms in total. The Morgan fingerprint density at radius 2 is 1.73 bits per heavy atom. The molecule has 0 saturated carbocycles. The van der Waals surface area contributed by atoms with E-state index in [0.717, 1.165) is 37.3 Å². The molecule has 3 aromatic rings. The number of nitrogens with zero attached hydrogens (tertiary/aromatic N) is 2. The number of hydrogen-bond acceptors (Lipinski definition) is 3. The highest BCUT2D eigenvalue weighted by Crippen LogP contribution is 2.36. The maximum Gasteiger partial charge on any atom is 0.225 e. The van der Waals surface area contributed by atoms with Crippen molar-refractivity contribution in [3.63, 3.8) is 0 Å². The van der Waals surface area contributed by atoms with Gasteiger partial charge in [0.25, 0.3) is 0 Å². The molecule has 170 valence electrons. The van der Waals surface area contributed by atoms with E-state index in [4.69, 9.17) is 0 Å². The first-order valence-corrected chi connectivity index (χ1v) is 11.4. The summed E-state index contributed by atoms with van der Waals surface area (Å²) >= 11 is 0. The number of anilines is 1. The first-order chi connectivity index (χ1) is 16.1. The third-order valence-corrected chi connectivity index (χ3v) is 6.72. The zero-order chi connectivity index (χ0) is 22.8. The number of carbonyl (C=O) groups is 1. The fourth-order valence-corrected chi connectivity index (χ4v) is 5.08. The van der Waals surface area contributed by atoms with E-state index in [1.165, 1.54) is 35.5 Å². The highest BCUT2D eigenvalue weighted by molar-refractivity contribution is 5.82. The van der Waals surface area contributed by atoms with Crippen LogP contribution in [-0.2, 0) is 24.3 Å². The quantitative estimate of drug-likeness (QED) is 0.639. The second-order valence-corrected chi connectivity index (χ2v) is 8.91. The largest absolute Gasteiger partial charge is 0.365 e. The molecular formula is C27H27F2N3O. The molecule has 2 aliphatic heterocycles. The Labute approximate surface area is 192 Å². The lowest BCUT2D eigenvalue weighted by Gasteiger charge is -2.49. The van der Waals surface area contributed by atoms with Crippen molar-refractivity contribution in [3.8, 4) is 0 Å². The lowest BCUT2D eigenvalue weighted by molar-refractivity contribution is -0.126. The number of rotatable bonds is 5. The zero-order valence-corrected chi connectivity index (χ0v) is 18.4. The van der Waals surface area contributed by atoms with Gasteiger partial charge in [-0.1, -0.05) is 42.5 Å². The van der Waals surface area contributed by atoms with Crippen LogP contribution in [0.5, 0.6) is 0 Å². The second-order valence-electron chi connectivity index (χ2n) is 8.91. The molecule has 5 rings (SSSR count). The van der Waals surface area contributed by atoms with E-state index in [2.05, 4.69) is 27.2 Å². The Morgan fingerprint density at radius 1 is 0.909 bits per heavy atom. The smallest absolute Gasteiger partial charge is 0.225 e. The summed E-state index contributed by atoms with van der Waals surface area (Å²) in [5, 5.41) is 3.04. The molecule has 0 radical (unpaired) electrons. The topological polar surface area (TPSA) is 35.6 Å². The number of para-hydroxylation sites is 1. The van der Waals surface area contributed by atoms with Crippen molar-refractivity contribution in [2.75, 3.05) is 24.5 Å². The number of amides is 1. The lowest BCUT2D eigenvalue weighted by Crippen LogP contribution is -2.60. The van der Waals surface area contributed by atoms with Crippen LogP contribution in [0.4, 0.5) is 14.5 Å². The molecule has 1 N–H and O–H groups in total. The Balaban J connectivity index is 1.34. The molecule has 1 amide bonds. The van der Waals surface area contributed by atoms with E-state index in [-0.39, 0.29) is 29.5 Å². The Hall–Kier alpha value is -3.25. The average Bonchev–Trinajstić information content (AvgIpc) is 2.83. The van der Waals surface area contributed by atoms with E-state index in [9.17, 15) is 13.6 Å². The minimum atomic E-state index is -0.303. The Morgan fingerprint density at radius 3 is 2.55 bits per heavy atom. The van der Waals surface area contributed by atoms with E-state index in [1.807, 2.05) is 30.3 Å². The molecule has 1 saturated heterocycles. The average molecular weight is 448 g/mol. The molecule has 0 unspecified atom stereocenters. The first kappa shape index (κ1) is 21.6. The van der Waals surface area contributed by atoms with Crippen molar-refractivity contribution >= 4 is 11.6 Å². The minimum absolute atomic E-state index is 0.00704. The SMILES string of the molecule is O=C(NCc1cccc(F)c1)[C@H]1Cc2ccccc2N2CCN(Cc3ccc(F)cc3)C[C@@H]12. The molecule has 2 aliphatic rings. The Kier molecular flexibility index (Phi) is 6.09. The van der Waals surface area contributed by atoms with Gasteiger partial charge in [-0.3, -0.25) is 9.69 Å². The highest BCUT2D eigenvalue weighted by Gasteiger charge is 2.41. The summed E-state index contributed by atoms with van der Waals surface area (Å²) in [6.07, 6.45) is 0.677. The summed E-state index contributed by atoms with van der Waals surface area (Å²) < 4.78 is 26.8. The number of halogens is 2. The van der Waals surface area contributed by atoms with Crippen LogP contribution in [0.3, 0.4) is 0 Å². The Bertz CT molecular complexity index is 1130. The fourth-order valence-electron chi connectivity index (χ4n) is 5.08. The first-order valence-electron chi connectivity index (χ1n) is 11.4. The molecule has 33 heavy (non-hydrogen) atoms. The van der Waals surface area contributed by atoms with Crippen LogP contribution >= 0.6 is 0 Å². The number of nitrogens with one attached hydrogen (secondary N) is 1. The molecule has 1 fully saturated rings. The zero-order valence-electron chi connectivity index (χ0n) is 18.4. The van der Waals surface area contributed by atoms with Gasteiger partial charge in [-0.2, -0.15) is 0 Å². The van der Waals surface area contributed by atoms with Crippen molar-refractivity contribution < 1.29 is 13.6 Å². The van der Waals surface area contributed by atoms with Gasteiger partial charge in [-0.15, -0.1) is 0 Å². The fraction of sp³-hybridized carbons (Fsp3) is 0.296. The van der Waals surface area contributed by atoms with Gasteiger partial charge in [0.15, 0.2) is 0 Å². The normalized spacial score (nSPS) is 20.1. The molecule has 0 bridgehead atoms. The van der Waals surface area contributed by atoms with Gasteiger partial charge in [-0.25, -0.2) is 8.78 Å². The van der Waals surface area contributed by atoms with Crippen LogP contribution in [0, 0.1) is 17.6 Å². The summed E-state index contributed by atoms with van der Waals surface area (Å²) in [5.41, 5.74) is 4.20. The van der Waals surface area contributed by atoms with Gasteiger partial charge < -0.3 is 10.2 Å². The van der Waals surface area contributed by atoms with Crippen LogP contribution in [-0.4, -0.2) is 36.5 Å². The van der Waals surface area contributed by atoms with Gasteiger partial charge in [-0.05, 0) is 53.4 Å². The van der Waals surface area contributed by atoms with Gasteiger partial charge in [0.1, 0.15) is 11.6 Å². The molecule has 6 heteroatoms. The predicted molar refractivity (Wildman–Crippen MR) is 125 cm³/mol. The van der Waals surface area contributed by atoms with Crippen molar-refractivity contribution in [2.45, 2.75) is 25.6 Å². The van der Waals surface area contributed by atoms with Gasteiger partial charge in [0.05, 0.1) is 12.0 Å². The van der Waals surface area contributed by atoms with E-state index >= 15 is 0 Å². The predicted octanol–water partition coefficient (Wildman–Crippen LogP) is 4.14. The van der Waals surface area contributed by atoms with Crippen LogP contribution in [0.15, 0.2) is 72.8 Å². The summed E-state index contributed by atoms with van der Waals surface area (Å²) in [6, 6.07) is 21.3. The molecule has 0 aliphatic carbocycles. The standard InChI is InChI=1S/C27H27F2N3O/c28-22-10-8-19(9-11-22)17-31-12-13-32-25-7-2-1-5-21(25)15-24(26(32)18-31)27(33)30-16-20-4-3-6-23(29)14-20/h1-11,14,24,26H,12-13,15-18H2,(H,30,33)/t24-,26-/m0/s1. The highest BCUT2D eigenvalue weighted by atomic mass is 19.1. The number of benzene rings is 3. The van der Waals surface area contributed by atoms with Gasteiger partial charge in [0.2, 0.25) is 5.91 Å². The van der Waals surface area contributed by atoms with Crippen LogP contribution < -0.4 is 10.2 Å². The molecule has 3 aromatic carbocycles. The second kappa shape index (κ2) is 9.32. The maximum absolute atomic E-state index is 13.5. The maximum atomic E-state index is 13.5. The van der Waals surface area contributed by atoms with Crippen LogP contribution in [0.2, 0.25) is 0 Å². The van der Waals surface area contributed by atoms with Crippen molar-refractivity contribution in [3.05, 3.63) is 101 Å². The van der Waals surface area contributed by atoms with E-state index in [1.54, 1.807) is 6.07 Å². The lowest BCUT2D eigenvalue weighted by atomic mass is 9.83.